The van der Waals surface area contributed by atoms with Crippen molar-refractivity contribution in [1.29, 1.82) is 0 Å². The number of methoxy groups -OCH3 is 1. The molecule has 0 saturated heterocycles. The Labute approximate surface area is 135 Å². The average Bonchev–Trinajstić information content (AvgIpc) is 2.51. The summed E-state index contributed by atoms with van der Waals surface area (Å²) < 4.78 is 19.9. The number of nitrogens with zero attached hydrogens (tertiary/aromatic N) is 2. The molecule has 0 spiro atoms. The van der Waals surface area contributed by atoms with Gasteiger partial charge < -0.3 is 10.1 Å². The standard InChI is InChI=1S/C14H14BrClFN3O/c1-3-18-14(10-6-7-11(21-2)20-19-10)8-4-5-9(15)12(16)13(8)17/h4-7,14,18H,3H2,1-2H3. The molecule has 0 aliphatic heterocycles. The lowest BCUT2D eigenvalue weighted by molar-refractivity contribution is 0.390. The van der Waals surface area contributed by atoms with Crippen LogP contribution in [0.5, 0.6) is 5.88 Å². The topological polar surface area (TPSA) is 47.0 Å². The van der Waals surface area contributed by atoms with Crippen LogP contribution in [0.3, 0.4) is 0 Å². The van der Waals surface area contributed by atoms with Crippen molar-refractivity contribution < 1.29 is 9.13 Å². The van der Waals surface area contributed by atoms with E-state index in [0.717, 1.165) is 0 Å². The summed E-state index contributed by atoms with van der Waals surface area (Å²) in [5.74, 6) is -0.0714. The van der Waals surface area contributed by atoms with Crippen molar-refractivity contribution in [2.75, 3.05) is 13.7 Å². The predicted molar refractivity (Wildman–Crippen MR) is 83.2 cm³/mol. The van der Waals surface area contributed by atoms with Crippen molar-refractivity contribution in [1.82, 2.24) is 15.5 Å². The summed E-state index contributed by atoms with van der Waals surface area (Å²) in [4.78, 5) is 0. The molecule has 0 aliphatic rings. The molecule has 21 heavy (non-hydrogen) atoms. The first-order valence-electron chi connectivity index (χ1n) is 6.32. The van der Waals surface area contributed by atoms with Gasteiger partial charge in [0.05, 0.1) is 23.9 Å². The molecular weight excluding hydrogens is 361 g/mol. The summed E-state index contributed by atoms with van der Waals surface area (Å²) in [6.45, 7) is 2.58. The lowest BCUT2D eigenvalue weighted by Crippen LogP contribution is -2.24. The highest BCUT2D eigenvalue weighted by molar-refractivity contribution is 9.10. The Hall–Kier alpha value is -1.24. The summed E-state index contributed by atoms with van der Waals surface area (Å²) in [7, 11) is 1.51. The Balaban J connectivity index is 2.45. The molecule has 4 nitrogen and oxygen atoms in total. The Morgan fingerprint density at radius 3 is 2.67 bits per heavy atom. The van der Waals surface area contributed by atoms with E-state index >= 15 is 0 Å². The van der Waals surface area contributed by atoms with Crippen LogP contribution in [0.2, 0.25) is 5.02 Å². The van der Waals surface area contributed by atoms with E-state index in [0.29, 0.717) is 28.2 Å². The second kappa shape index (κ2) is 7.15. The highest BCUT2D eigenvalue weighted by Crippen LogP contribution is 2.32. The van der Waals surface area contributed by atoms with Gasteiger partial charge in [0.15, 0.2) is 0 Å². The van der Waals surface area contributed by atoms with Crippen molar-refractivity contribution in [3.63, 3.8) is 0 Å². The maximum Gasteiger partial charge on any atom is 0.233 e. The van der Waals surface area contributed by atoms with Crippen molar-refractivity contribution in [3.8, 4) is 5.88 Å². The van der Waals surface area contributed by atoms with Crippen LogP contribution in [0, 0.1) is 5.82 Å². The van der Waals surface area contributed by atoms with Gasteiger partial charge in [0, 0.05) is 16.1 Å². The maximum absolute atomic E-state index is 14.4. The smallest absolute Gasteiger partial charge is 0.233 e. The highest BCUT2D eigenvalue weighted by atomic mass is 79.9. The van der Waals surface area contributed by atoms with Crippen molar-refractivity contribution in [3.05, 3.63) is 50.8 Å². The van der Waals surface area contributed by atoms with Gasteiger partial charge in [-0.15, -0.1) is 10.2 Å². The molecular formula is C14H14BrClFN3O. The van der Waals surface area contributed by atoms with Gasteiger partial charge in [-0.05, 0) is 34.6 Å². The molecule has 1 unspecified atom stereocenters. The SMILES string of the molecule is CCNC(c1ccc(OC)nn1)c1ccc(Br)c(Cl)c1F. The van der Waals surface area contributed by atoms with E-state index in [1.54, 1.807) is 24.3 Å². The number of benzene rings is 1. The Bertz CT molecular complexity index is 624. The van der Waals surface area contributed by atoms with E-state index in [-0.39, 0.29) is 5.02 Å². The minimum Gasteiger partial charge on any atom is -0.480 e. The van der Waals surface area contributed by atoms with Crippen molar-refractivity contribution in [2.45, 2.75) is 13.0 Å². The van der Waals surface area contributed by atoms with Gasteiger partial charge in [-0.25, -0.2) is 4.39 Å². The van der Waals surface area contributed by atoms with Crippen LogP contribution in [0.15, 0.2) is 28.7 Å². The third-order valence-corrected chi connectivity index (χ3v) is 4.21. The molecule has 1 N–H and O–H groups in total. The summed E-state index contributed by atoms with van der Waals surface area (Å²) in [6.07, 6.45) is 0. The number of rotatable bonds is 5. The Morgan fingerprint density at radius 2 is 2.10 bits per heavy atom. The van der Waals surface area contributed by atoms with Gasteiger partial charge in [0.2, 0.25) is 5.88 Å². The van der Waals surface area contributed by atoms with Gasteiger partial charge in [0.1, 0.15) is 5.82 Å². The van der Waals surface area contributed by atoms with E-state index < -0.39 is 11.9 Å². The molecule has 112 valence electrons. The molecule has 0 aliphatic carbocycles. The quantitative estimate of drug-likeness (QED) is 0.810. The van der Waals surface area contributed by atoms with Gasteiger partial charge in [-0.2, -0.15) is 0 Å². The van der Waals surface area contributed by atoms with Gasteiger partial charge in [-0.1, -0.05) is 24.6 Å². The molecule has 1 heterocycles. The van der Waals surface area contributed by atoms with Gasteiger partial charge in [0.25, 0.3) is 0 Å². The average molecular weight is 375 g/mol. The molecule has 0 amide bonds. The zero-order valence-corrected chi connectivity index (χ0v) is 13.9. The normalized spacial score (nSPS) is 12.2. The van der Waals surface area contributed by atoms with Gasteiger partial charge >= 0.3 is 0 Å². The molecule has 0 bridgehead atoms. The number of ether oxygens (including phenoxy) is 1. The van der Waals surface area contributed by atoms with Gasteiger partial charge in [-0.3, -0.25) is 0 Å². The molecule has 1 aromatic carbocycles. The van der Waals surface area contributed by atoms with E-state index in [9.17, 15) is 4.39 Å². The van der Waals surface area contributed by atoms with E-state index in [2.05, 4.69) is 31.4 Å². The van der Waals surface area contributed by atoms with E-state index in [1.807, 2.05) is 6.92 Å². The first kappa shape index (κ1) is 16.1. The zero-order valence-electron chi connectivity index (χ0n) is 11.5. The largest absolute Gasteiger partial charge is 0.480 e. The van der Waals surface area contributed by atoms with Crippen LogP contribution in [0.4, 0.5) is 4.39 Å². The number of hydrogen-bond acceptors (Lipinski definition) is 4. The second-order valence-electron chi connectivity index (χ2n) is 4.26. The predicted octanol–water partition coefficient (Wildman–Crippen LogP) is 3.74. The number of hydrogen-bond donors (Lipinski definition) is 1. The third-order valence-electron chi connectivity index (χ3n) is 2.95. The van der Waals surface area contributed by atoms with E-state index in [1.165, 1.54) is 7.11 Å². The van der Waals surface area contributed by atoms with Crippen LogP contribution in [0.25, 0.3) is 0 Å². The summed E-state index contributed by atoms with van der Waals surface area (Å²) in [6, 6.07) is 6.38. The van der Waals surface area contributed by atoms with Crippen molar-refractivity contribution in [2.24, 2.45) is 0 Å². The van der Waals surface area contributed by atoms with E-state index in [4.69, 9.17) is 16.3 Å². The fourth-order valence-electron chi connectivity index (χ4n) is 1.93. The minimum atomic E-state index is -0.477. The molecule has 2 rings (SSSR count). The molecule has 0 fully saturated rings. The Kier molecular flexibility index (Phi) is 5.50. The van der Waals surface area contributed by atoms with Crippen LogP contribution in [-0.4, -0.2) is 23.9 Å². The highest BCUT2D eigenvalue weighted by Gasteiger charge is 2.21. The molecule has 1 atom stereocenters. The molecule has 0 radical (unpaired) electrons. The number of aromatic nitrogens is 2. The molecule has 7 heteroatoms. The van der Waals surface area contributed by atoms with Crippen LogP contribution in [0.1, 0.15) is 24.2 Å². The summed E-state index contributed by atoms with van der Waals surface area (Å²) >= 11 is 9.16. The Morgan fingerprint density at radius 1 is 1.33 bits per heavy atom. The lowest BCUT2D eigenvalue weighted by atomic mass is 10.0. The fourth-order valence-corrected chi connectivity index (χ4v) is 2.41. The summed E-state index contributed by atoms with van der Waals surface area (Å²) in [5, 5.41) is 11.2. The van der Waals surface area contributed by atoms with Crippen LogP contribution >= 0.6 is 27.5 Å². The van der Waals surface area contributed by atoms with Crippen LogP contribution in [-0.2, 0) is 0 Å². The monoisotopic (exact) mass is 373 g/mol. The lowest BCUT2D eigenvalue weighted by Gasteiger charge is -2.19. The van der Waals surface area contributed by atoms with Crippen molar-refractivity contribution >= 4 is 27.5 Å². The number of nitrogens with one attached hydrogen (secondary N) is 1. The molecule has 1 aromatic heterocycles. The first-order chi connectivity index (χ1) is 10.1. The molecule has 2 aromatic rings. The first-order valence-corrected chi connectivity index (χ1v) is 7.50. The molecule has 0 saturated carbocycles. The minimum absolute atomic E-state index is 0.0527. The second-order valence-corrected chi connectivity index (χ2v) is 5.49. The number of halogens is 3. The third kappa shape index (κ3) is 3.51. The van der Waals surface area contributed by atoms with Crippen LogP contribution < -0.4 is 10.1 Å². The maximum atomic E-state index is 14.4. The fraction of sp³-hybridized carbons (Fsp3) is 0.286. The summed E-state index contributed by atoms with van der Waals surface area (Å²) in [5.41, 5.74) is 1.01. The zero-order chi connectivity index (χ0) is 15.4.